The van der Waals surface area contributed by atoms with Gasteiger partial charge in [-0.2, -0.15) is 0 Å². The van der Waals surface area contributed by atoms with E-state index < -0.39 is 0 Å². The van der Waals surface area contributed by atoms with Gasteiger partial charge >= 0.3 is 0 Å². The van der Waals surface area contributed by atoms with Crippen molar-refractivity contribution >= 4 is 17.4 Å². The fourth-order valence-corrected chi connectivity index (χ4v) is 2.96. The largest absolute Gasteiger partial charge is 0.497 e. The number of methoxy groups -OCH3 is 1. The molecule has 5 heteroatoms. The number of amides is 1. The van der Waals surface area contributed by atoms with Crippen molar-refractivity contribution < 1.29 is 9.53 Å². The number of rotatable bonds is 7. The van der Waals surface area contributed by atoms with Crippen LogP contribution >= 0.6 is 0 Å². The van der Waals surface area contributed by atoms with Crippen LogP contribution in [-0.2, 0) is 6.42 Å². The highest BCUT2D eigenvalue weighted by Gasteiger charge is 2.07. The summed E-state index contributed by atoms with van der Waals surface area (Å²) in [6.45, 7) is 4.67. The first-order valence-electron chi connectivity index (χ1n) is 9.27. The van der Waals surface area contributed by atoms with Crippen molar-refractivity contribution in [1.29, 1.82) is 0 Å². The van der Waals surface area contributed by atoms with Gasteiger partial charge in [0, 0.05) is 18.4 Å². The average Bonchev–Trinajstić information content (AvgIpc) is 2.72. The summed E-state index contributed by atoms with van der Waals surface area (Å²) in [5.74, 6) is 1.42. The van der Waals surface area contributed by atoms with Crippen molar-refractivity contribution in [3.05, 3.63) is 83.0 Å². The van der Waals surface area contributed by atoms with Crippen molar-refractivity contribution in [2.24, 2.45) is 0 Å². The smallest absolute Gasteiger partial charge is 0.252 e. The Hall–Kier alpha value is -3.34. The molecule has 2 aromatic carbocycles. The number of anilines is 2. The number of aryl methyl sites for hydroxylation is 2. The number of carbonyl (C=O) groups is 1. The lowest BCUT2D eigenvalue weighted by Crippen LogP contribution is -2.25. The molecule has 1 heterocycles. The molecular weight excluding hydrogens is 350 g/mol. The standard InChI is InChI=1S/C23H25N3O2/c1-16-5-4-6-17(2)22(16)26-21-12-9-19(15-25-21)23(27)24-14-13-18-7-10-20(28-3)11-8-18/h4-12,15H,13-14H2,1-3H3,(H,24,27)(H,25,26). The van der Waals surface area contributed by atoms with Crippen LogP contribution in [0.15, 0.2) is 60.8 Å². The highest BCUT2D eigenvalue weighted by atomic mass is 16.5. The summed E-state index contributed by atoms with van der Waals surface area (Å²) in [5.41, 5.74) is 5.05. The predicted octanol–water partition coefficient (Wildman–Crippen LogP) is 4.42. The van der Waals surface area contributed by atoms with E-state index in [0.717, 1.165) is 34.5 Å². The summed E-state index contributed by atoms with van der Waals surface area (Å²) in [4.78, 5) is 16.7. The van der Waals surface area contributed by atoms with Gasteiger partial charge < -0.3 is 15.4 Å². The number of carbonyl (C=O) groups excluding carboxylic acids is 1. The quantitative estimate of drug-likeness (QED) is 0.641. The molecule has 2 N–H and O–H groups in total. The molecule has 0 bridgehead atoms. The molecule has 3 rings (SSSR count). The molecule has 0 saturated carbocycles. The normalized spacial score (nSPS) is 10.4. The zero-order chi connectivity index (χ0) is 19.9. The summed E-state index contributed by atoms with van der Waals surface area (Å²) in [5, 5.41) is 6.26. The number of hydrogen-bond acceptors (Lipinski definition) is 4. The third kappa shape index (κ3) is 4.88. The number of benzene rings is 2. The third-order valence-corrected chi connectivity index (χ3v) is 4.62. The van der Waals surface area contributed by atoms with Crippen molar-refractivity contribution in [1.82, 2.24) is 10.3 Å². The number of hydrogen-bond donors (Lipinski definition) is 2. The molecule has 1 aromatic heterocycles. The van der Waals surface area contributed by atoms with Crippen molar-refractivity contribution in [3.8, 4) is 5.75 Å². The number of para-hydroxylation sites is 1. The lowest BCUT2D eigenvalue weighted by molar-refractivity contribution is 0.0954. The first kappa shape index (κ1) is 19.4. The Balaban J connectivity index is 1.54. The van der Waals surface area contributed by atoms with Crippen LogP contribution in [0.5, 0.6) is 5.75 Å². The molecule has 28 heavy (non-hydrogen) atoms. The molecule has 0 spiro atoms. The summed E-state index contributed by atoms with van der Waals surface area (Å²) < 4.78 is 5.15. The number of nitrogens with one attached hydrogen (secondary N) is 2. The third-order valence-electron chi connectivity index (χ3n) is 4.62. The van der Waals surface area contributed by atoms with Crippen molar-refractivity contribution in [2.75, 3.05) is 19.0 Å². The Morgan fingerprint density at radius 3 is 2.32 bits per heavy atom. The van der Waals surface area contributed by atoms with Crippen LogP contribution in [0.1, 0.15) is 27.0 Å². The fourth-order valence-electron chi connectivity index (χ4n) is 2.96. The van der Waals surface area contributed by atoms with Gasteiger partial charge in [0.1, 0.15) is 11.6 Å². The van der Waals surface area contributed by atoms with E-state index in [-0.39, 0.29) is 5.91 Å². The zero-order valence-corrected chi connectivity index (χ0v) is 16.5. The average molecular weight is 375 g/mol. The summed E-state index contributed by atoms with van der Waals surface area (Å²) >= 11 is 0. The van der Waals surface area contributed by atoms with Gasteiger partial charge in [-0.25, -0.2) is 4.98 Å². The lowest BCUT2D eigenvalue weighted by atomic mass is 10.1. The molecule has 3 aromatic rings. The highest BCUT2D eigenvalue weighted by Crippen LogP contribution is 2.23. The second kappa shape index (κ2) is 9.04. The molecular formula is C23H25N3O2. The van der Waals surface area contributed by atoms with E-state index in [9.17, 15) is 4.79 Å². The summed E-state index contributed by atoms with van der Waals surface area (Å²) in [7, 11) is 1.65. The minimum Gasteiger partial charge on any atom is -0.497 e. The maximum absolute atomic E-state index is 12.3. The molecule has 144 valence electrons. The summed E-state index contributed by atoms with van der Waals surface area (Å²) in [6, 6.07) is 17.6. The fraction of sp³-hybridized carbons (Fsp3) is 0.217. The highest BCUT2D eigenvalue weighted by molar-refractivity contribution is 5.94. The minimum atomic E-state index is -0.125. The Kier molecular flexibility index (Phi) is 6.27. The maximum atomic E-state index is 12.3. The van der Waals surface area contributed by atoms with E-state index in [2.05, 4.69) is 41.6 Å². The molecule has 0 atom stereocenters. The van der Waals surface area contributed by atoms with Crippen LogP contribution in [0.2, 0.25) is 0 Å². The molecule has 0 unspecified atom stereocenters. The van der Waals surface area contributed by atoms with Crippen LogP contribution in [0.3, 0.4) is 0 Å². The molecule has 0 aliphatic carbocycles. The zero-order valence-electron chi connectivity index (χ0n) is 16.5. The van der Waals surface area contributed by atoms with Gasteiger partial charge in [0.05, 0.1) is 12.7 Å². The van der Waals surface area contributed by atoms with E-state index in [1.54, 1.807) is 19.4 Å². The Morgan fingerprint density at radius 2 is 1.71 bits per heavy atom. The van der Waals surface area contributed by atoms with Gasteiger partial charge in [-0.1, -0.05) is 30.3 Å². The summed E-state index contributed by atoms with van der Waals surface area (Å²) in [6.07, 6.45) is 2.36. The molecule has 0 saturated heterocycles. The number of pyridine rings is 1. The topological polar surface area (TPSA) is 63.2 Å². The van der Waals surface area contributed by atoms with Gasteiger partial charge in [-0.3, -0.25) is 4.79 Å². The number of nitrogens with zero attached hydrogens (tertiary/aromatic N) is 1. The van der Waals surface area contributed by atoms with Gasteiger partial charge in [0.2, 0.25) is 0 Å². The molecule has 5 nitrogen and oxygen atoms in total. The van der Waals surface area contributed by atoms with Gasteiger partial charge in [0.15, 0.2) is 0 Å². The van der Waals surface area contributed by atoms with Gasteiger partial charge in [-0.05, 0) is 61.2 Å². The van der Waals surface area contributed by atoms with Crippen LogP contribution < -0.4 is 15.4 Å². The van der Waals surface area contributed by atoms with Crippen LogP contribution in [0.4, 0.5) is 11.5 Å². The molecule has 1 amide bonds. The SMILES string of the molecule is COc1ccc(CCNC(=O)c2ccc(Nc3c(C)cccc3C)nc2)cc1. The molecule has 0 radical (unpaired) electrons. The lowest BCUT2D eigenvalue weighted by Gasteiger charge is -2.12. The van der Waals surface area contributed by atoms with E-state index in [1.807, 2.05) is 36.4 Å². The van der Waals surface area contributed by atoms with Crippen LogP contribution in [0, 0.1) is 13.8 Å². The Morgan fingerprint density at radius 1 is 1.00 bits per heavy atom. The van der Waals surface area contributed by atoms with Crippen LogP contribution in [0.25, 0.3) is 0 Å². The first-order valence-corrected chi connectivity index (χ1v) is 9.27. The Labute approximate surface area is 165 Å². The Bertz CT molecular complexity index is 915. The maximum Gasteiger partial charge on any atom is 0.252 e. The first-order chi connectivity index (χ1) is 13.6. The van der Waals surface area contributed by atoms with Crippen LogP contribution in [-0.4, -0.2) is 24.5 Å². The number of ether oxygens (including phenoxy) is 1. The van der Waals surface area contributed by atoms with E-state index in [1.165, 1.54) is 0 Å². The number of aromatic nitrogens is 1. The van der Waals surface area contributed by atoms with Crippen molar-refractivity contribution in [2.45, 2.75) is 20.3 Å². The van der Waals surface area contributed by atoms with Gasteiger partial charge in [0.25, 0.3) is 5.91 Å². The molecule has 0 aliphatic rings. The second-order valence-electron chi connectivity index (χ2n) is 6.68. The second-order valence-corrected chi connectivity index (χ2v) is 6.68. The van der Waals surface area contributed by atoms with E-state index >= 15 is 0 Å². The molecule has 0 aliphatic heterocycles. The van der Waals surface area contributed by atoms with E-state index in [0.29, 0.717) is 17.9 Å². The van der Waals surface area contributed by atoms with Crippen molar-refractivity contribution in [3.63, 3.8) is 0 Å². The predicted molar refractivity (Wildman–Crippen MR) is 112 cm³/mol. The van der Waals surface area contributed by atoms with Gasteiger partial charge in [-0.15, -0.1) is 0 Å². The molecule has 0 fully saturated rings. The minimum absolute atomic E-state index is 0.125. The van der Waals surface area contributed by atoms with E-state index in [4.69, 9.17) is 4.74 Å². The monoisotopic (exact) mass is 375 g/mol.